The molecular weight excluding hydrogens is 295 g/mol. The molecule has 2 nitrogen and oxygen atoms in total. The average Bonchev–Trinajstić information content (AvgIpc) is 2.63. The highest BCUT2D eigenvalue weighted by molar-refractivity contribution is 6.61. The maximum Gasteiger partial charge on any atom is 0.494 e. The van der Waals surface area contributed by atoms with Gasteiger partial charge in [-0.2, -0.15) is 0 Å². The van der Waals surface area contributed by atoms with Crippen LogP contribution in [0.4, 0.5) is 0 Å². The van der Waals surface area contributed by atoms with E-state index in [1.54, 1.807) is 0 Å². The summed E-state index contributed by atoms with van der Waals surface area (Å²) < 4.78 is 13.1. The van der Waals surface area contributed by atoms with Crippen molar-refractivity contribution in [2.75, 3.05) is 0 Å². The predicted molar refractivity (Wildman–Crippen MR) is 100 cm³/mol. The maximum absolute atomic E-state index is 6.61. The topological polar surface area (TPSA) is 18.5 Å². The number of hydrogen-bond acceptors (Lipinski definition) is 2. The fourth-order valence-electron chi connectivity index (χ4n) is 4.08. The lowest BCUT2D eigenvalue weighted by atomic mass is 9.66. The van der Waals surface area contributed by atoms with Crippen molar-refractivity contribution in [1.29, 1.82) is 0 Å². The molecule has 0 spiro atoms. The van der Waals surface area contributed by atoms with Gasteiger partial charge in [-0.05, 0) is 23.4 Å². The van der Waals surface area contributed by atoms with E-state index in [2.05, 4.69) is 70.2 Å². The van der Waals surface area contributed by atoms with E-state index in [0.29, 0.717) is 5.92 Å². The third-order valence-corrected chi connectivity index (χ3v) is 5.55. The molecule has 1 aliphatic rings. The monoisotopic (exact) mass is 322 g/mol. The third-order valence-electron chi connectivity index (χ3n) is 5.55. The number of hydrogen-bond donors (Lipinski definition) is 0. The maximum atomic E-state index is 6.61. The molecule has 0 aromatic heterocycles. The van der Waals surface area contributed by atoms with Gasteiger partial charge in [0.05, 0.1) is 11.7 Å². The van der Waals surface area contributed by atoms with Crippen LogP contribution in [-0.2, 0) is 9.31 Å². The Bertz CT molecular complexity index is 643. The lowest BCUT2D eigenvalue weighted by molar-refractivity contribution is -0.130. The Morgan fingerprint density at radius 2 is 1.58 bits per heavy atom. The van der Waals surface area contributed by atoms with Crippen LogP contribution in [0.1, 0.15) is 45.8 Å². The first kappa shape index (κ1) is 17.3. The van der Waals surface area contributed by atoms with Crippen LogP contribution >= 0.6 is 0 Å². The first-order valence-electron chi connectivity index (χ1n) is 9.01. The zero-order valence-corrected chi connectivity index (χ0v) is 15.1. The summed E-state index contributed by atoms with van der Waals surface area (Å²) in [6, 6.07) is 20.8. The first-order chi connectivity index (χ1) is 11.6. The van der Waals surface area contributed by atoms with Gasteiger partial charge in [-0.25, -0.2) is 0 Å². The molecule has 1 saturated heterocycles. The smallest absolute Gasteiger partial charge is 0.401 e. The Hall–Kier alpha value is -1.58. The molecule has 0 saturated carbocycles. The van der Waals surface area contributed by atoms with Crippen LogP contribution in [0.15, 0.2) is 60.7 Å². The van der Waals surface area contributed by atoms with Crippen molar-refractivity contribution < 1.29 is 9.31 Å². The minimum Gasteiger partial charge on any atom is -0.401 e. The van der Waals surface area contributed by atoms with Crippen molar-refractivity contribution in [3.8, 4) is 0 Å². The standard InChI is InChI=1S/C21H27BO2/c1-5-21(16(2)3)17(4)20(18-12-8-6-9-13-18)23-22(24-21)19-14-10-7-11-15-19/h6-17,20H,5H2,1-4H3/t17-,20-,21+/m1/s1. The second kappa shape index (κ2) is 7.12. The van der Waals surface area contributed by atoms with Crippen LogP contribution in [-0.4, -0.2) is 12.7 Å². The summed E-state index contributed by atoms with van der Waals surface area (Å²) in [5, 5.41) is 0. The summed E-state index contributed by atoms with van der Waals surface area (Å²) in [5.74, 6) is 0.698. The average molecular weight is 322 g/mol. The van der Waals surface area contributed by atoms with E-state index < -0.39 is 0 Å². The highest BCUT2D eigenvalue weighted by atomic mass is 16.6. The molecule has 0 unspecified atom stereocenters. The molecule has 24 heavy (non-hydrogen) atoms. The Morgan fingerprint density at radius 1 is 1.00 bits per heavy atom. The minimum absolute atomic E-state index is 0.0347. The van der Waals surface area contributed by atoms with Gasteiger partial charge in [0, 0.05) is 5.92 Å². The quantitative estimate of drug-likeness (QED) is 0.765. The number of benzene rings is 2. The van der Waals surface area contributed by atoms with Gasteiger partial charge in [0.2, 0.25) is 0 Å². The summed E-state index contributed by atoms with van der Waals surface area (Å²) in [7, 11) is -0.324. The van der Waals surface area contributed by atoms with E-state index in [1.165, 1.54) is 5.56 Å². The van der Waals surface area contributed by atoms with Gasteiger partial charge in [0.1, 0.15) is 0 Å². The van der Waals surface area contributed by atoms with Crippen molar-refractivity contribution in [2.45, 2.75) is 45.8 Å². The van der Waals surface area contributed by atoms with Crippen molar-refractivity contribution in [2.24, 2.45) is 11.8 Å². The molecule has 1 fully saturated rings. The van der Waals surface area contributed by atoms with Gasteiger partial charge in [0.15, 0.2) is 0 Å². The van der Waals surface area contributed by atoms with Crippen LogP contribution in [0.5, 0.6) is 0 Å². The Labute approximate surface area is 146 Å². The third kappa shape index (κ3) is 3.03. The molecule has 1 heterocycles. The molecule has 0 radical (unpaired) electrons. The molecule has 3 atom stereocenters. The van der Waals surface area contributed by atoms with Gasteiger partial charge < -0.3 is 9.31 Å². The molecule has 0 aliphatic carbocycles. The molecule has 0 bridgehead atoms. The molecule has 3 heteroatoms. The lowest BCUT2D eigenvalue weighted by Crippen LogP contribution is -2.59. The molecule has 126 valence electrons. The summed E-state index contributed by atoms with van der Waals surface area (Å²) in [5.41, 5.74) is 2.12. The largest absolute Gasteiger partial charge is 0.494 e. The Kier molecular flexibility index (Phi) is 5.12. The molecular formula is C21H27BO2. The Balaban J connectivity index is 2.02. The summed E-state index contributed by atoms with van der Waals surface area (Å²) >= 11 is 0. The fraction of sp³-hybridized carbons (Fsp3) is 0.429. The van der Waals surface area contributed by atoms with E-state index in [9.17, 15) is 0 Å². The Morgan fingerprint density at radius 3 is 2.12 bits per heavy atom. The normalized spacial score (nSPS) is 27.5. The minimum atomic E-state index is -0.324. The first-order valence-corrected chi connectivity index (χ1v) is 9.01. The molecule has 2 aromatic carbocycles. The van der Waals surface area contributed by atoms with Crippen LogP contribution in [0.3, 0.4) is 0 Å². The highest BCUT2D eigenvalue weighted by Crippen LogP contribution is 2.46. The van der Waals surface area contributed by atoms with E-state index in [4.69, 9.17) is 9.31 Å². The van der Waals surface area contributed by atoms with Crippen LogP contribution in [0.2, 0.25) is 0 Å². The molecule has 1 aliphatic heterocycles. The molecule has 0 amide bonds. The van der Waals surface area contributed by atoms with Crippen LogP contribution in [0, 0.1) is 11.8 Å². The van der Waals surface area contributed by atoms with Crippen molar-refractivity contribution in [3.05, 3.63) is 66.2 Å². The summed E-state index contributed by atoms with van der Waals surface area (Å²) in [6.45, 7) is 9.01. The summed E-state index contributed by atoms with van der Waals surface area (Å²) in [4.78, 5) is 0. The van der Waals surface area contributed by atoms with E-state index in [0.717, 1.165) is 11.9 Å². The van der Waals surface area contributed by atoms with Gasteiger partial charge in [0.25, 0.3) is 0 Å². The van der Waals surface area contributed by atoms with Crippen LogP contribution in [0.25, 0.3) is 0 Å². The SMILES string of the molecule is CC[C@@]1(C(C)C)OB(c2ccccc2)O[C@@H](c2ccccc2)[C@H]1C. The zero-order valence-electron chi connectivity index (χ0n) is 15.1. The summed E-state index contributed by atoms with van der Waals surface area (Å²) in [6.07, 6.45) is 1.01. The lowest BCUT2D eigenvalue weighted by Gasteiger charge is -2.51. The van der Waals surface area contributed by atoms with E-state index in [1.807, 2.05) is 18.2 Å². The van der Waals surface area contributed by atoms with Crippen molar-refractivity contribution in [1.82, 2.24) is 0 Å². The van der Waals surface area contributed by atoms with Crippen LogP contribution < -0.4 is 5.46 Å². The van der Waals surface area contributed by atoms with Gasteiger partial charge in [-0.1, -0.05) is 88.4 Å². The predicted octanol–water partition coefficient (Wildman–Crippen LogP) is 4.61. The van der Waals surface area contributed by atoms with Gasteiger partial charge in [-0.15, -0.1) is 0 Å². The van der Waals surface area contributed by atoms with Gasteiger partial charge in [-0.3, -0.25) is 0 Å². The van der Waals surface area contributed by atoms with Crippen molar-refractivity contribution >= 4 is 12.6 Å². The van der Waals surface area contributed by atoms with Crippen molar-refractivity contribution in [3.63, 3.8) is 0 Å². The fourth-order valence-corrected chi connectivity index (χ4v) is 4.08. The molecule has 0 N–H and O–H groups in total. The van der Waals surface area contributed by atoms with Gasteiger partial charge >= 0.3 is 7.12 Å². The van der Waals surface area contributed by atoms with E-state index >= 15 is 0 Å². The molecule has 3 rings (SSSR count). The highest BCUT2D eigenvalue weighted by Gasteiger charge is 2.51. The van der Waals surface area contributed by atoms with E-state index in [-0.39, 0.29) is 24.7 Å². The zero-order chi connectivity index (χ0) is 17.2. The second-order valence-electron chi connectivity index (χ2n) is 7.08. The number of rotatable bonds is 4. The second-order valence-corrected chi connectivity index (χ2v) is 7.08. The molecule has 2 aromatic rings.